The van der Waals surface area contributed by atoms with Gasteiger partial charge in [-0.15, -0.1) is 0 Å². The lowest BCUT2D eigenvalue weighted by atomic mass is 9.83. The lowest BCUT2D eigenvalue weighted by molar-refractivity contribution is 0.0963. The summed E-state index contributed by atoms with van der Waals surface area (Å²) in [6.07, 6.45) is 2.78. The van der Waals surface area contributed by atoms with Crippen molar-refractivity contribution in [2.24, 2.45) is 0 Å². The van der Waals surface area contributed by atoms with Crippen LogP contribution in [0.15, 0.2) is 36.4 Å². The van der Waals surface area contributed by atoms with Crippen molar-refractivity contribution < 1.29 is 24.3 Å². The second-order valence-electron chi connectivity index (χ2n) is 6.30. The number of ketones is 1. The standard InChI is InChI=1S/C19H21BO5/c1-3-4-9-20-24-17-10-15(16(22)11-18(17)25-20)19(23)12(2)13-5-7-14(21)8-6-13/h5-8,10-12,21-22H,3-4,9H2,1-2H3. The highest BCUT2D eigenvalue weighted by atomic mass is 16.6. The molecule has 3 rings (SSSR count). The molecule has 1 aliphatic rings. The molecule has 130 valence electrons. The van der Waals surface area contributed by atoms with Crippen LogP contribution >= 0.6 is 0 Å². The molecule has 0 saturated carbocycles. The summed E-state index contributed by atoms with van der Waals surface area (Å²) in [6, 6.07) is 9.47. The Morgan fingerprint density at radius 3 is 2.40 bits per heavy atom. The summed E-state index contributed by atoms with van der Waals surface area (Å²) >= 11 is 0. The molecule has 0 spiro atoms. The summed E-state index contributed by atoms with van der Waals surface area (Å²) < 4.78 is 11.4. The first-order valence-electron chi connectivity index (χ1n) is 8.53. The minimum atomic E-state index is -0.456. The van der Waals surface area contributed by atoms with Gasteiger partial charge >= 0.3 is 7.12 Å². The Balaban J connectivity index is 1.81. The van der Waals surface area contributed by atoms with Crippen molar-refractivity contribution in [2.75, 3.05) is 0 Å². The van der Waals surface area contributed by atoms with E-state index in [4.69, 9.17) is 9.31 Å². The van der Waals surface area contributed by atoms with Crippen LogP contribution in [0.1, 0.15) is 48.5 Å². The molecule has 1 heterocycles. The zero-order chi connectivity index (χ0) is 18.0. The van der Waals surface area contributed by atoms with Crippen molar-refractivity contribution in [3.63, 3.8) is 0 Å². The monoisotopic (exact) mass is 340 g/mol. The van der Waals surface area contributed by atoms with Gasteiger partial charge in [0.15, 0.2) is 5.78 Å². The van der Waals surface area contributed by atoms with Gasteiger partial charge < -0.3 is 19.5 Å². The first kappa shape index (κ1) is 17.2. The van der Waals surface area contributed by atoms with Gasteiger partial charge in [0.2, 0.25) is 0 Å². The number of rotatable bonds is 6. The van der Waals surface area contributed by atoms with E-state index in [2.05, 4.69) is 6.92 Å². The maximum Gasteiger partial charge on any atom is 0.594 e. The molecule has 5 nitrogen and oxygen atoms in total. The number of phenols is 2. The van der Waals surface area contributed by atoms with Gasteiger partial charge in [0.05, 0.1) is 5.56 Å². The number of benzene rings is 2. The molecule has 1 unspecified atom stereocenters. The second-order valence-corrected chi connectivity index (χ2v) is 6.30. The van der Waals surface area contributed by atoms with Crippen LogP contribution in [-0.4, -0.2) is 23.1 Å². The molecule has 0 aromatic heterocycles. The maximum atomic E-state index is 12.8. The Morgan fingerprint density at radius 2 is 1.76 bits per heavy atom. The molecular formula is C19H21BO5. The van der Waals surface area contributed by atoms with Crippen LogP contribution in [0, 0.1) is 0 Å². The van der Waals surface area contributed by atoms with Gasteiger partial charge in [0.1, 0.15) is 23.0 Å². The molecule has 0 amide bonds. The normalized spacial score (nSPS) is 13.8. The minimum Gasteiger partial charge on any atom is -0.523 e. The molecular weight excluding hydrogens is 319 g/mol. The summed E-state index contributed by atoms with van der Waals surface area (Å²) in [6.45, 7) is 3.86. The van der Waals surface area contributed by atoms with E-state index in [1.54, 1.807) is 25.1 Å². The second kappa shape index (κ2) is 7.09. The van der Waals surface area contributed by atoms with Gasteiger partial charge in [0.25, 0.3) is 0 Å². The molecule has 2 N–H and O–H groups in total. The van der Waals surface area contributed by atoms with E-state index in [0.717, 1.165) is 24.7 Å². The van der Waals surface area contributed by atoms with E-state index in [0.29, 0.717) is 11.5 Å². The molecule has 2 aromatic carbocycles. The van der Waals surface area contributed by atoms with Crippen LogP contribution in [0.2, 0.25) is 6.32 Å². The fourth-order valence-electron chi connectivity index (χ4n) is 2.87. The fourth-order valence-corrected chi connectivity index (χ4v) is 2.87. The molecule has 0 bridgehead atoms. The number of unbranched alkanes of at least 4 members (excludes halogenated alkanes) is 1. The largest absolute Gasteiger partial charge is 0.594 e. The molecule has 25 heavy (non-hydrogen) atoms. The number of hydrogen-bond donors (Lipinski definition) is 2. The van der Waals surface area contributed by atoms with Gasteiger partial charge in [0, 0.05) is 18.3 Å². The summed E-state index contributed by atoms with van der Waals surface area (Å²) in [4.78, 5) is 12.8. The van der Waals surface area contributed by atoms with Gasteiger partial charge in [-0.1, -0.05) is 38.8 Å². The highest BCUT2D eigenvalue weighted by Crippen LogP contribution is 2.41. The molecule has 0 radical (unpaired) electrons. The van der Waals surface area contributed by atoms with E-state index in [1.807, 2.05) is 0 Å². The summed E-state index contributed by atoms with van der Waals surface area (Å²) in [5, 5.41) is 19.6. The molecule has 6 heteroatoms. The highest BCUT2D eigenvalue weighted by molar-refractivity contribution is 6.47. The lowest BCUT2D eigenvalue weighted by Gasteiger charge is -2.13. The number of fused-ring (bicyclic) bond motifs is 1. The van der Waals surface area contributed by atoms with Crippen molar-refractivity contribution in [3.05, 3.63) is 47.5 Å². The fraction of sp³-hybridized carbons (Fsp3) is 0.316. The van der Waals surface area contributed by atoms with Gasteiger partial charge in [-0.3, -0.25) is 4.79 Å². The maximum absolute atomic E-state index is 12.8. The molecule has 0 aliphatic carbocycles. The van der Waals surface area contributed by atoms with E-state index in [9.17, 15) is 15.0 Å². The van der Waals surface area contributed by atoms with Crippen molar-refractivity contribution in [1.29, 1.82) is 0 Å². The van der Waals surface area contributed by atoms with Gasteiger partial charge in [-0.2, -0.15) is 0 Å². The Kier molecular flexibility index (Phi) is 4.88. The first-order chi connectivity index (χ1) is 12.0. The number of carbonyl (C=O) groups excluding carboxylic acids is 1. The van der Waals surface area contributed by atoms with E-state index < -0.39 is 5.92 Å². The molecule has 1 aliphatic heterocycles. The third kappa shape index (κ3) is 3.58. The van der Waals surface area contributed by atoms with Crippen LogP contribution < -0.4 is 9.31 Å². The Labute approximate surface area is 147 Å². The van der Waals surface area contributed by atoms with Crippen LogP contribution in [0.5, 0.6) is 23.0 Å². The average Bonchev–Trinajstić information content (AvgIpc) is 3.00. The van der Waals surface area contributed by atoms with Crippen LogP contribution in [-0.2, 0) is 0 Å². The third-order valence-electron chi connectivity index (χ3n) is 4.42. The van der Waals surface area contributed by atoms with Gasteiger partial charge in [-0.05, 0) is 23.8 Å². The Morgan fingerprint density at radius 1 is 1.12 bits per heavy atom. The zero-order valence-electron chi connectivity index (χ0n) is 14.4. The molecule has 1 atom stereocenters. The molecule has 0 saturated heterocycles. The molecule has 2 aromatic rings. The summed E-state index contributed by atoms with van der Waals surface area (Å²) in [5.74, 6) is 0.309. The van der Waals surface area contributed by atoms with Crippen LogP contribution in [0.25, 0.3) is 0 Å². The van der Waals surface area contributed by atoms with Crippen LogP contribution in [0.4, 0.5) is 0 Å². The highest BCUT2D eigenvalue weighted by Gasteiger charge is 2.33. The predicted molar refractivity (Wildman–Crippen MR) is 95.7 cm³/mol. The topological polar surface area (TPSA) is 76.0 Å². The summed E-state index contributed by atoms with van der Waals surface area (Å²) in [5.41, 5.74) is 0.972. The van der Waals surface area contributed by atoms with Crippen molar-refractivity contribution in [3.8, 4) is 23.0 Å². The zero-order valence-corrected chi connectivity index (χ0v) is 14.4. The third-order valence-corrected chi connectivity index (χ3v) is 4.42. The number of hydrogen-bond acceptors (Lipinski definition) is 5. The minimum absolute atomic E-state index is 0.117. The number of Topliss-reactive ketones (excluding diaryl/α,β-unsaturated/α-hetero) is 1. The first-order valence-corrected chi connectivity index (χ1v) is 8.53. The van der Waals surface area contributed by atoms with E-state index >= 15 is 0 Å². The number of aromatic hydroxyl groups is 2. The van der Waals surface area contributed by atoms with E-state index in [-0.39, 0.29) is 30.0 Å². The SMILES string of the molecule is CCCCB1Oc2cc(O)c(C(=O)C(C)c3ccc(O)cc3)cc2O1. The molecule has 0 fully saturated rings. The average molecular weight is 340 g/mol. The predicted octanol–water partition coefficient (Wildman–Crippen LogP) is 4.14. The van der Waals surface area contributed by atoms with E-state index in [1.165, 1.54) is 18.2 Å². The Bertz CT molecular complexity index is 772. The number of phenolic OH excluding ortho intramolecular Hbond substituents is 2. The van der Waals surface area contributed by atoms with Crippen molar-refractivity contribution in [2.45, 2.75) is 38.9 Å². The van der Waals surface area contributed by atoms with Crippen molar-refractivity contribution >= 4 is 12.9 Å². The number of carbonyl (C=O) groups is 1. The van der Waals surface area contributed by atoms with Gasteiger partial charge in [-0.25, -0.2) is 0 Å². The lowest BCUT2D eigenvalue weighted by Crippen LogP contribution is -2.23. The van der Waals surface area contributed by atoms with Crippen LogP contribution in [0.3, 0.4) is 0 Å². The Hall–Kier alpha value is -2.63. The van der Waals surface area contributed by atoms with Crippen molar-refractivity contribution in [1.82, 2.24) is 0 Å². The quantitative estimate of drug-likeness (QED) is 0.610. The summed E-state index contributed by atoms with van der Waals surface area (Å²) in [7, 11) is -0.366. The smallest absolute Gasteiger partial charge is 0.523 e.